The Morgan fingerprint density at radius 1 is 1.12 bits per heavy atom. The van der Waals surface area contributed by atoms with Crippen LogP contribution in [-0.4, -0.2) is 59.8 Å². The van der Waals surface area contributed by atoms with Gasteiger partial charge in [0.1, 0.15) is 18.5 Å². The summed E-state index contributed by atoms with van der Waals surface area (Å²) in [5.41, 5.74) is 1.30. The van der Waals surface area contributed by atoms with E-state index in [2.05, 4.69) is 42.0 Å². The third-order valence-electron chi connectivity index (χ3n) is 5.89. The first-order valence-corrected chi connectivity index (χ1v) is 10.5. The molecule has 0 spiro atoms. The average Bonchev–Trinajstić information content (AvgIpc) is 3.50. The quantitative estimate of drug-likeness (QED) is 0.690. The van der Waals surface area contributed by atoms with Crippen LogP contribution < -0.4 is 4.74 Å². The number of ether oxygens (including phenoxy) is 1. The topological polar surface area (TPSA) is 35.9 Å². The maximum atomic E-state index is 10.4. The second-order valence-corrected chi connectivity index (χ2v) is 8.14. The Balaban J connectivity index is 1.44. The Hall–Kier alpha value is -1.10. The van der Waals surface area contributed by atoms with E-state index in [1.807, 2.05) is 6.07 Å². The van der Waals surface area contributed by atoms with Crippen LogP contribution >= 0.6 is 0 Å². The molecular formula is C22H36N2O2. The van der Waals surface area contributed by atoms with Crippen molar-refractivity contribution in [2.24, 2.45) is 0 Å². The zero-order valence-electron chi connectivity index (χ0n) is 16.6. The molecule has 3 rings (SSSR count). The molecular weight excluding hydrogens is 324 g/mol. The van der Waals surface area contributed by atoms with Gasteiger partial charge < -0.3 is 14.7 Å². The summed E-state index contributed by atoms with van der Waals surface area (Å²) in [5, 5.41) is 10.4. The van der Waals surface area contributed by atoms with Crippen LogP contribution in [0.1, 0.15) is 57.4 Å². The lowest BCUT2D eigenvalue weighted by atomic mass is 9.94. The molecule has 0 aliphatic heterocycles. The Bertz CT molecular complexity index is 541. The number of hydrogen-bond acceptors (Lipinski definition) is 4. The smallest absolute Gasteiger partial charge is 0.119 e. The van der Waals surface area contributed by atoms with E-state index in [9.17, 15) is 5.11 Å². The van der Waals surface area contributed by atoms with Crippen molar-refractivity contribution in [3.63, 3.8) is 0 Å². The highest BCUT2D eigenvalue weighted by Gasteiger charge is 2.27. The molecule has 4 nitrogen and oxygen atoms in total. The van der Waals surface area contributed by atoms with Gasteiger partial charge >= 0.3 is 0 Å². The number of benzene rings is 1. The summed E-state index contributed by atoms with van der Waals surface area (Å²) >= 11 is 0. The lowest BCUT2D eigenvalue weighted by Crippen LogP contribution is -2.40. The normalized spacial score (nSPS) is 19.9. The van der Waals surface area contributed by atoms with E-state index in [4.69, 9.17) is 4.74 Å². The average molecular weight is 361 g/mol. The zero-order chi connectivity index (χ0) is 18.4. The fraction of sp³-hybridized carbons (Fsp3) is 0.727. The summed E-state index contributed by atoms with van der Waals surface area (Å²) in [4.78, 5) is 4.85. The van der Waals surface area contributed by atoms with Gasteiger partial charge in [0.2, 0.25) is 0 Å². The second kappa shape index (κ2) is 9.72. The number of aliphatic hydroxyl groups is 1. The van der Waals surface area contributed by atoms with E-state index in [1.165, 1.54) is 50.5 Å². The minimum atomic E-state index is -0.441. The fourth-order valence-electron chi connectivity index (χ4n) is 4.16. The van der Waals surface area contributed by atoms with Gasteiger partial charge in [0.05, 0.1) is 0 Å². The second-order valence-electron chi connectivity index (χ2n) is 8.14. The highest BCUT2D eigenvalue weighted by Crippen LogP contribution is 2.28. The minimum Gasteiger partial charge on any atom is -0.491 e. The molecule has 0 heterocycles. The summed E-state index contributed by atoms with van der Waals surface area (Å²) in [6, 6.07) is 9.76. The van der Waals surface area contributed by atoms with Gasteiger partial charge in [-0.15, -0.1) is 0 Å². The van der Waals surface area contributed by atoms with Crippen molar-refractivity contribution < 1.29 is 9.84 Å². The largest absolute Gasteiger partial charge is 0.491 e. The predicted molar refractivity (Wildman–Crippen MR) is 107 cm³/mol. The van der Waals surface area contributed by atoms with Crippen molar-refractivity contribution >= 4 is 0 Å². The van der Waals surface area contributed by atoms with Gasteiger partial charge in [-0.2, -0.15) is 0 Å². The summed E-state index contributed by atoms with van der Waals surface area (Å²) in [6.07, 6.45) is 8.78. The van der Waals surface area contributed by atoms with Crippen LogP contribution in [0.4, 0.5) is 0 Å². The molecule has 0 amide bonds. The van der Waals surface area contributed by atoms with Gasteiger partial charge in [0.25, 0.3) is 0 Å². The molecule has 0 aromatic heterocycles. The van der Waals surface area contributed by atoms with E-state index < -0.39 is 6.10 Å². The van der Waals surface area contributed by atoms with Gasteiger partial charge in [0, 0.05) is 25.2 Å². The van der Waals surface area contributed by atoms with Crippen molar-refractivity contribution in [1.29, 1.82) is 0 Å². The fourth-order valence-corrected chi connectivity index (χ4v) is 4.16. The summed E-state index contributed by atoms with van der Waals surface area (Å²) in [7, 11) is 2.14. The number of likely N-dealkylation sites (N-methyl/N-ethyl adjacent to an activating group) is 1. The molecule has 2 saturated carbocycles. The van der Waals surface area contributed by atoms with Crippen molar-refractivity contribution in [2.75, 3.05) is 26.7 Å². The highest BCUT2D eigenvalue weighted by atomic mass is 16.5. The van der Waals surface area contributed by atoms with E-state index in [0.717, 1.165) is 24.9 Å². The molecule has 1 N–H and O–H groups in total. The molecule has 0 radical (unpaired) electrons. The zero-order valence-corrected chi connectivity index (χ0v) is 16.6. The molecule has 2 aliphatic carbocycles. The van der Waals surface area contributed by atoms with Crippen LogP contribution in [0.5, 0.6) is 5.75 Å². The van der Waals surface area contributed by atoms with E-state index >= 15 is 0 Å². The predicted octanol–water partition coefficient (Wildman–Crippen LogP) is 3.68. The molecule has 0 unspecified atom stereocenters. The molecule has 1 aromatic rings. The molecule has 0 saturated heterocycles. The Labute approximate surface area is 159 Å². The molecule has 2 aliphatic rings. The van der Waals surface area contributed by atoms with Gasteiger partial charge in [0.15, 0.2) is 0 Å². The molecule has 4 heteroatoms. The van der Waals surface area contributed by atoms with Gasteiger partial charge in [-0.1, -0.05) is 38.3 Å². The van der Waals surface area contributed by atoms with E-state index in [1.54, 1.807) is 0 Å². The first-order chi connectivity index (χ1) is 12.7. The van der Waals surface area contributed by atoms with Crippen LogP contribution in [0.2, 0.25) is 0 Å². The molecule has 0 bridgehead atoms. The standard InChI is InChI=1S/C22H36N2O2/c1-3-24(20-12-13-20)15-18-8-7-11-22(14-18)26-17-21(25)16-23(2)19-9-5-4-6-10-19/h7-8,11,14,19-21,25H,3-6,9-10,12-13,15-17H2,1-2H3/t21-/m0/s1. The van der Waals surface area contributed by atoms with Crippen LogP contribution in [0.25, 0.3) is 0 Å². The van der Waals surface area contributed by atoms with E-state index in [0.29, 0.717) is 19.2 Å². The SMILES string of the molecule is CCN(Cc1cccc(OC[C@@H](O)CN(C)C2CCCCC2)c1)C1CC1. The highest BCUT2D eigenvalue weighted by molar-refractivity contribution is 5.28. The molecule has 26 heavy (non-hydrogen) atoms. The van der Waals surface area contributed by atoms with Gasteiger partial charge in [-0.3, -0.25) is 4.90 Å². The van der Waals surface area contributed by atoms with Crippen molar-refractivity contribution in [3.05, 3.63) is 29.8 Å². The monoisotopic (exact) mass is 360 g/mol. The number of nitrogens with zero attached hydrogens (tertiary/aromatic N) is 2. The van der Waals surface area contributed by atoms with Crippen LogP contribution in [0.15, 0.2) is 24.3 Å². The molecule has 1 atom stereocenters. The van der Waals surface area contributed by atoms with Gasteiger partial charge in [-0.25, -0.2) is 0 Å². The Kier molecular flexibility index (Phi) is 7.35. The van der Waals surface area contributed by atoms with Crippen molar-refractivity contribution in [2.45, 2.75) is 76.6 Å². The number of rotatable bonds is 10. The number of hydrogen-bond donors (Lipinski definition) is 1. The molecule has 146 valence electrons. The maximum absolute atomic E-state index is 10.4. The summed E-state index contributed by atoms with van der Waals surface area (Å²) in [6.45, 7) is 5.38. The van der Waals surface area contributed by atoms with E-state index in [-0.39, 0.29) is 0 Å². The lowest BCUT2D eigenvalue weighted by Gasteiger charge is -2.32. The first kappa shape index (κ1) is 19.7. The minimum absolute atomic E-state index is 0.362. The summed E-state index contributed by atoms with van der Waals surface area (Å²) < 4.78 is 5.89. The van der Waals surface area contributed by atoms with Gasteiger partial charge in [-0.05, 0) is 57.0 Å². The Morgan fingerprint density at radius 3 is 2.58 bits per heavy atom. The third kappa shape index (κ3) is 5.97. The van der Waals surface area contributed by atoms with Crippen LogP contribution in [0, 0.1) is 0 Å². The van der Waals surface area contributed by atoms with Crippen LogP contribution in [-0.2, 0) is 6.54 Å². The third-order valence-corrected chi connectivity index (χ3v) is 5.89. The Morgan fingerprint density at radius 2 is 1.88 bits per heavy atom. The first-order valence-electron chi connectivity index (χ1n) is 10.5. The van der Waals surface area contributed by atoms with Crippen molar-refractivity contribution in [1.82, 2.24) is 9.80 Å². The maximum Gasteiger partial charge on any atom is 0.119 e. The lowest BCUT2D eigenvalue weighted by molar-refractivity contribution is 0.0561. The van der Waals surface area contributed by atoms with Crippen molar-refractivity contribution in [3.8, 4) is 5.75 Å². The number of aliphatic hydroxyl groups excluding tert-OH is 1. The summed E-state index contributed by atoms with van der Waals surface area (Å²) in [5.74, 6) is 0.869. The van der Waals surface area contributed by atoms with Crippen LogP contribution in [0.3, 0.4) is 0 Å². The molecule has 1 aromatic carbocycles. The molecule has 2 fully saturated rings.